The van der Waals surface area contributed by atoms with Gasteiger partial charge in [-0.1, -0.05) is 60.7 Å². The summed E-state index contributed by atoms with van der Waals surface area (Å²) < 4.78 is 0. The Balaban J connectivity index is 1.65. The minimum absolute atomic E-state index is 0.194. The van der Waals surface area contributed by atoms with Crippen LogP contribution in [0.1, 0.15) is 55.2 Å². The Bertz CT molecular complexity index is 2830. The number of amides is 9. The Hall–Kier alpha value is -9.44. The number of aromatic nitrogens is 1. The van der Waals surface area contributed by atoms with Gasteiger partial charge in [0.15, 0.2) is 0 Å². The van der Waals surface area contributed by atoms with Crippen LogP contribution in [0.3, 0.4) is 0 Å². The first-order valence-electron chi connectivity index (χ1n) is 24.0. The number of aliphatic carboxylic acids is 3. The lowest BCUT2D eigenvalue weighted by molar-refractivity contribution is -0.141. The van der Waals surface area contributed by atoms with Crippen LogP contribution >= 0.6 is 0 Å². The van der Waals surface area contributed by atoms with Crippen molar-refractivity contribution >= 4 is 82.0 Å². The van der Waals surface area contributed by atoms with Crippen LogP contribution in [0.5, 0.6) is 5.75 Å². The van der Waals surface area contributed by atoms with Crippen LogP contribution in [0.15, 0.2) is 85.1 Å². The highest BCUT2D eigenvalue weighted by Gasteiger charge is 2.36. The number of phenolic OH excluding ortho intramolecular Hbond substituents is 1. The van der Waals surface area contributed by atoms with Crippen LogP contribution in [0, 0.1) is 0 Å². The first-order chi connectivity index (χ1) is 36.9. The first-order valence-corrected chi connectivity index (χ1v) is 24.0. The second-order valence-corrected chi connectivity index (χ2v) is 17.9. The van der Waals surface area contributed by atoms with Gasteiger partial charge >= 0.3 is 17.9 Å². The molecule has 28 nitrogen and oxygen atoms in total. The van der Waals surface area contributed by atoms with Crippen molar-refractivity contribution in [3.63, 3.8) is 0 Å². The molecule has 1 heterocycles. The van der Waals surface area contributed by atoms with Crippen molar-refractivity contribution in [3.05, 3.63) is 102 Å². The lowest BCUT2D eigenvalue weighted by Gasteiger charge is -2.27. The predicted molar refractivity (Wildman–Crippen MR) is 272 cm³/mol. The lowest BCUT2D eigenvalue weighted by Crippen LogP contribution is -2.61. The number of nitrogens with one attached hydrogen (secondary N) is 8. The Morgan fingerprint density at radius 2 is 0.923 bits per heavy atom. The number of primary amides is 2. The number of phenols is 1. The monoisotopic (exact) mass is 1090 g/mol. The number of rotatable bonds is 32. The number of aromatic hydroxyl groups is 1. The van der Waals surface area contributed by atoms with Crippen molar-refractivity contribution in [2.75, 3.05) is 6.61 Å². The molecular weight excluding hydrogens is 1030 g/mol. The second-order valence-electron chi connectivity index (χ2n) is 17.9. The molecule has 0 saturated carbocycles. The molecule has 0 unspecified atom stereocenters. The zero-order valence-corrected chi connectivity index (χ0v) is 41.6. The van der Waals surface area contributed by atoms with E-state index in [4.69, 9.17) is 22.3 Å². The average molecular weight is 1090 g/mol. The van der Waals surface area contributed by atoms with Crippen molar-refractivity contribution in [3.8, 4) is 5.75 Å². The summed E-state index contributed by atoms with van der Waals surface area (Å²) in [5.41, 5.74) is 18.4. The van der Waals surface area contributed by atoms with E-state index in [0.717, 1.165) is 0 Å². The molecule has 4 rings (SSSR count). The van der Waals surface area contributed by atoms with E-state index < -0.39 is 171 Å². The Labute approximate surface area is 443 Å². The molecule has 0 aliphatic heterocycles. The molecule has 9 amide bonds. The van der Waals surface area contributed by atoms with Crippen molar-refractivity contribution in [1.82, 2.24) is 42.2 Å². The van der Waals surface area contributed by atoms with Crippen molar-refractivity contribution in [2.45, 2.75) is 106 Å². The van der Waals surface area contributed by atoms with Gasteiger partial charge < -0.3 is 84.9 Å². The maximum Gasteiger partial charge on any atom is 0.305 e. The quantitative estimate of drug-likeness (QED) is 0.0223. The number of para-hydroxylation sites is 1. The largest absolute Gasteiger partial charge is 0.508 e. The summed E-state index contributed by atoms with van der Waals surface area (Å²) in [5, 5.41) is 65.2. The number of aliphatic hydroxyl groups is 1. The van der Waals surface area contributed by atoms with Gasteiger partial charge in [-0.25, -0.2) is 0 Å². The summed E-state index contributed by atoms with van der Waals surface area (Å²) in [6.45, 7) is -1.08. The summed E-state index contributed by atoms with van der Waals surface area (Å²) in [6, 6.07) is 6.30. The molecule has 0 spiro atoms. The zero-order chi connectivity index (χ0) is 57.6. The van der Waals surface area contributed by atoms with E-state index in [0.29, 0.717) is 22.0 Å². The third-order valence-electron chi connectivity index (χ3n) is 11.8. The fourth-order valence-electron chi connectivity index (χ4n) is 7.75. The fourth-order valence-corrected chi connectivity index (χ4v) is 7.75. The molecule has 0 bridgehead atoms. The van der Waals surface area contributed by atoms with Gasteiger partial charge in [-0.05, 0) is 47.7 Å². The first kappa shape index (κ1) is 61.1. The SMILES string of the molecule is NC(=O)CC[C@H](NC(=O)[C@H](Cc1c[nH]c2ccccc12)NC(=O)[C@@H](N)CC(=O)O)C(=O)N[C@@H](Cc1ccc(O)cc1)C(=O)N[C@@H](CC(=O)O)C(=O)N[C@@H](Cc1ccccc1)C(=O)N[C@@H](CO)C(=O)N[C@@H](CCC(=O)O)C(N)=O. The molecule has 19 N–H and O–H groups in total. The van der Waals surface area contributed by atoms with E-state index in [1.807, 2.05) is 0 Å². The van der Waals surface area contributed by atoms with E-state index in [1.54, 1.807) is 60.8 Å². The summed E-state index contributed by atoms with van der Waals surface area (Å²) in [7, 11) is 0. The van der Waals surface area contributed by atoms with Crippen LogP contribution in [0.4, 0.5) is 0 Å². The van der Waals surface area contributed by atoms with E-state index in [2.05, 4.69) is 42.2 Å². The number of hydrogen-bond donors (Lipinski definition) is 16. The van der Waals surface area contributed by atoms with Gasteiger partial charge in [-0.3, -0.25) is 57.5 Å². The maximum atomic E-state index is 14.4. The average Bonchev–Trinajstić information content (AvgIpc) is 3.82. The van der Waals surface area contributed by atoms with Gasteiger partial charge in [0.25, 0.3) is 0 Å². The molecule has 418 valence electrons. The third-order valence-corrected chi connectivity index (χ3v) is 11.8. The number of nitrogens with two attached hydrogens (primary N) is 3. The molecule has 0 radical (unpaired) electrons. The number of fused-ring (bicyclic) bond motifs is 1. The van der Waals surface area contributed by atoms with Gasteiger partial charge in [0, 0.05) is 49.2 Å². The number of carboxylic acid groups (broad SMARTS) is 3. The number of carbonyl (C=O) groups is 12. The van der Waals surface area contributed by atoms with Gasteiger partial charge in [0.05, 0.1) is 25.5 Å². The van der Waals surface area contributed by atoms with Crippen LogP contribution in [0.25, 0.3) is 10.9 Å². The predicted octanol–water partition coefficient (Wildman–Crippen LogP) is -3.82. The summed E-state index contributed by atoms with van der Waals surface area (Å²) in [6.07, 6.45) is -3.48. The topological polar surface area (TPSA) is 484 Å². The Morgan fingerprint density at radius 3 is 1.47 bits per heavy atom. The standard InChI is InChI=1S/C50H61N11O17/c51-30(21-41(67)68)44(72)57-36(20-27-23-54-31-9-5-4-8-29(27)31)48(76)56-33(14-16-39(52)64)45(73)58-35(19-26-10-12-28(63)13-11-26)46(74)60-37(22-42(69)70)49(77)59-34(18-25-6-2-1-3-7-25)47(75)61-38(24-62)50(78)55-32(43(53)71)15-17-40(65)66/h1-13,23,30,32-38,54,62-63H,14-22,24,51H2,(H2,52,64)(H2,53,71)(H,55,78)(H,56,76)(H,57,72)(H,58,73)(H,59,77)(H,60,74)(H,61,75)(H,65,66)(H,67,68)(H,69,70)/t30-,32-,33-,34-,35-,36-,37-,38-/m0/s1. The van der Waals surface area contributed by atoms with E-state index >= 15 is 0 Å². The molecule has 8 atom stereocenters. The van der Waals surface area contributed by atoms with Crippen molar-refractivity contribution in [2.24, 2.45) is 17.2 Å². The van der Waals surface area contributed by atoms with E-state index in [-0.39, 0.29) is 24.2 Å². The van der Waals surface area contributed by atoms with Crippen molar-refractivity contribution < 1.29 is 83.1 Å². The molecule has 78 heavy (non-hydrogen) atoms. The van der Waals surface area contributed by atoms with E-state index in [1.165, 1.54) is 24.3 Å². The van der Waals surface area contributed by atoms with E-state index in [9.17, 15) is 78.0 Å². The summed E-state index contributed by atoms with van der Waals surface area (Å²) >= 11 is 0. The lowest BCUT2D eigenvalue weighted by atomic mass is 10.0. The third kappa shape index (κ3) is 19.7. The fraction of sp³-hybridized carbons (Fsp3) is 0.360. The highest BCUT2D eigenvalue weighted by Crippen LogP contribution is 2.20. The molecular formula is C50H61N11O17. The number of aliphatic hydroxyl groups excluding tert-OH is 1. The zero-order valence-electron chi connectivity index (χ0n) is 41.6. The van der Waals surface area contributed by atoms with Gasteiger partial charge in [-0.15, -0.1) is 0 Å². The Kier molecular flexibility index (Phi) is 23.2. The molecule has 3 aromatic carbocycles. The number of carboxylic acids is 3. The van der Waals surface area contributed by atoms with Gasteiger partial charge in [0.1, 0.15) is 48.0 Å². The second kappa shape index (κ2) is 29.6. The molecule has 1 aromatic heterocycles. The molecule has 0 saturated heterocycles. The summed E-state index contributed by atoms with van der Waals surface area (Å²) in [5.74, 6) is -14.7. The molecule has 0 aliphatic carbocycles. The highest BCUT2D eigenvalue weighted by molar-refractivity contribution is 5.99. The molecule has 28 heteroatoms. The minimum atomic E-state index is -2.03. The number of benzene rings is 3. The minimum Gasteiger partial charge on any atom is -0.508 e. The smallest absolute Gasteiger partial charge is 0.305 e. The highest BCUT2D eigenvalue weighted by atomic mass is 16.4. The van der Waals surface area contributed by atoms with Gasteiger partial charge in [0.2, 0.25) is 53.2 Å². The summed E-state index contributed by atoms with van der Waals surface area (Å²) in [4.78, 5) is 159. The number of aromatic amines is 1. The van der Waals surface area contributed by atoms with Gasteiger partial charge in [-0.2, -0.15) is 0 Å². The maximum absolute atomic E-state index is 14.4. The van der Waals surface area contributed by atoms with Crippen LogP contribution in [-0.4, -0.2) is 157 Å². The number of hydrogen-bond acceptors (Lipinski definition) is 15. The number of H-pyrrole nitrogens is 1. The van der Waals surface area contributed by atoms with Crippen LogP contribution < -0.4 is 54.4 Å². The van der Waals surface area contributed by atoms with Crippen molar-refractivity contribution in [1.29, 1.82) is 0 Å². The van der Waals surface area contributed by atoms with Crippen LogP contribution in [0.2, 0.25) is 0 Å². The molecule has 4 aromatic rings. The Morgan fingerprint density at radius 1 is 0.474 bits per heavy atom. The van der Waals surface area contributed by atoms with Crippen LogP contribution in [-0.2, 0) is 76.8 Å². The normalized spacial score (nSPS) is 14.0. The molecule has 0 aliphatic rings. The molecule has 0 fully saturated rings. The number of carbonyl (C=O) groups excluding carboxylic acids is 9.